The first-order valence-electron chi connectivity index (χ1n) is 5.62. The van der Waals surface area contributed by atoms with Crippen molar-refractivity contribution >= 4 is 40.8 Å². The average Bonchev–Trinajstić information content (AvgIpc) is 2.28. The molecule has 0 unspecified atom stereocenters. The van der Waals surface area contributed by atoms with Crippen molar-refractivity contribution in [2.24, 2.45) is 0 Å². The summed E-state index contributed by atoms with van der Waals surface area (Å²) in [6.07, 6.45) is 0. The maximum Gasteiger partial charge on any atom is 0.129 e. The number of nitrogens with zero attached hydrogens (tertiary/aromatic N) is 2. The molecule has 1 aliphatic heterocycles. The largest absolute Gasteiger partial charge is 0.354 e. The van der Waals surface area contributed by atoms with Gasteiger partial charge in [-0.3, -0.25) is 0 Å². The molecule has 0 atom stereocenters. The van der Waals surface area contributed by atoms with Crippen LogP contribution < -0.4 is 4.90 Å². The van der Waals surface area contributed by atoms with Gasteiger partial charge in [0.15, 0.2) is 0 Å². The standard InChI is InChI=1S/C12H16Cl2N2S/c1-12(2)8-16(5-6-17-12)11-4-3-9(14)10(7-13)15-11/h3-4H,5-8H2,1-2H3. The topological polar surface area (TPSA) is 16.1 Å². The van der Waals surface area contributed by atoms with Gasteiger partial charge in [0.2, 0.25) is 0 Å². The smallest absolute Gasteiger partial charge is 0.129 e. The molecule has 0 spiro atoms. The van der Waals surface area contributed by atoms with Crippen LogP contribution in [-0.2, 0) is 5.88 Å². The number of hydrogen-bond acceptors (Lipinski definition) is 3. The lowest BCUT2D eigenvalue weighted by molar-refractivity contribution is 0.641. The third-order valence-electron chi connectivity index (χ3n) is 2.78. The Bertz CT molecular complexity index is 409. The molecule has 1 aromatic rings. The van der Waals surface area contributed by atoms with Crippen LogP contribution in [0.5, 0.6) is 0 Å². The van der Waals surface area contributed by atoms with Crippen LogP contribution in [0.2, 0.25) is 5.02 Å². The van der Waals surface area contributed by atoms with Crippen LogP contribution in [0.4, 0.5) is 5.82 Å². The SMILES string of the molecule is CC1(C)CN(c2ccc(Cl)c(CCl)n2)CCS1. The van der Waals surface area contributed by atoms with E-state index in [2.05, 4.69) is 23.7 Å². The molecule has 2 rings (SSSR count). The Hall–Kier alpha value is -0.120. The molecule has 2 nitrogen and oxygen atoms in total. The lowest BCUT2D eigenvalue weighted by atomic mass is 10.2. The summed E-state index contributed by atoms with van der Waals surface area (Å²) < 4.78 is 0.278. The second-order valence-electron chi connectivity index (χ2n) is 4.76. The second kappa shape index (κ2) is 5.25. The zero-order valence-corrected chi connectivity index (χ0v) is 12.4. The molecule has 94 valence electrons. The number of anilines is 1. The van der Waals surface area contributed by atoms with E-state index in [1.807, 2.05) is 23.9 Å². The molecule has 1 fully saturated rings. The van der Waals surface area contributed by atoms with Gasteiger partial charge in [0, 0.05) is 23.6 Å². The molecule has 0 aromatic carbocycles. The van der Waals surface area contributed by atoms with Gasteiger partial charge in [-0.1, -0.05) is 11.6 Å². The summed E-state index contributed by atoms with van der Waals surface area (Å²) in [5.74, 6) is 2.48. The van der Waals surface area contributed by atoms with E-state index < -0.39 is 0 Å². The minimum atomic E-state index is 0.278. The highest BCUT2D eigenvalue weighted by atomic mass is 35.5. The van der Waals surface area contributed by atoms with Crippen molar-refractivity contribution < 1.29 is 0 Å². The van der Waals surface area contributed by atoms with Gasteiger partial charge in [-0.05, 0) is 26.0 Å². The molecule has 0 amide bonds. The summed E-state index contributed by atoms with van der Waals surface area (Å²) in [7, 11) is 0. The van der Waals surface area contributed by atoms with Crippen LogP contribution in [0.1, 0.15) is 19.5 Å². The molecule has 1 aromatic heterocycles. The Labute approximate surface area is 117 Å². The van der Waals surface area contributed by atoms with Gasteiger partial charge in [0.1, 0.15) is 5.82 Å². The normalized spacial score (nSPS) is 19.4. The summed E-state index contributed by atoms with van der Waals surface area (Å²) >= 11 is 13.9. The van der Waals surface area contributed by atoms with Crippen molar-refractivity contribution in [1.82, 2.24) is 4.98 Å². The predicted octanol–water partition coefficient (Wildman–Crippen LogP) is 3.81. The van der Waals surface area contributed by atoms with Crippen molar-refractivity contribution in [3.63, 3.8) is 0 Å². The molecule has 0 N–H and O–H groups in total. The molecule has 1 saturated heterocycles. The number of aromatic nitrogens is 1. The van der Waals surface area contributed by atoms with Crippen LogP contribution in [-0.4, -0.2) is 28.6 Å². The summed E-state index contributed by atoms with van der Waals surface area (Å²) in [5, 5.41) is 0.648. The number of rotatable bonds is 2. The van der Waals surface area contributed by atoms with E-state index in [9.17, 15) is 0 Å². The van der Waals surface area contributed by atoms with Gasteiger partial charge >= 0.3 is 0 Å². The van der Waals surface area contributed by atoms with Crippen LogP contribution >= 0.6 is 35.0 Å². The van der Waals surface area contributed by atoms with E-state index in [1.165, 1.54) is 0 Å². The van der Waals surface area contributed by atoms with E-state index in [1.54, 1.807) is 0 Å². The molecule has 0 saturated carbocycles. The van der Waals surface area contributed by atoms with Crippen molar-refractivity contribution in [3.05, 3.63) is 22.8 Å². The minimum absolute atomic E-state index is 0.278. The first-order chi connectivity index (χ1) is 8.02. The van der Waals surface area contributed by atoms with Gasteiger partial charge in [-0.15, -0.1) is 11.6 Å². The quantitative estimate of drug-likeness (QED) is 0.771. The van der Waals surface area contributed by atoms with Gasteiger partial charge in [-0.25, -0.2) is 4.98 Å². The third kappa shape index (κ3) is 3.21. The number of alkyl halides is 1. The van der Waals surface area contributed by atoms with Crippen molar-refractivity contribution in [3.8, 4) is 0 Å². The molecule has 0 radical (unpaired) electrons. The Kier molecular flexibility index (Phi) is 4.11. The maximum absolute atomic E-state index is 6.02. The Morgan fingerprint density at radius 3 is 2.88 bits per heavy atom. The fraction of sp³-hybridized carbons (Fsp3) is 0.583. The summed E-state index contributed by atoms with van der Waals surface area (Å²) in [5.41, 5.74) is 0.766. The summed E-state index contributed by atoms with van der Waals surface area (Å²) in [6, 6.07) is 3.86. The fourth-order valence-electron chi connectivity index (χ4n) is 1.95. The lowest BCUT2D eigenvalue weighted by Crippen LogP contribution is -2.43. The molecule has 2 heterocycles. The van der Waals surface area contributed by atoms with Gasteiger partial charge in [0.25, 0.3) is 0 Å². The average molecular weight is 291 g/mol. The van der Waals surface area contributed by atoms with Crippen LogP contribution in [0, 0.1) is 0 Å². The molecular formula is C12H16Cl2N2S. The zero-order chi connectivity index (χ0) is 12.5. The number of thioether (sulfide) groups is 1. The van der Waals surface area contributed by atoms with E-state index in [0.717, 1.165) is 30.4 Å². The number of pyridine rings is 1. The Balaban J connectivity index is 2.22. The van der Waals surface area contributed by atoms with Crippen molar-refractivity contribution in [2.75, 3.05) is 23.7 Å². The maximum atomic E-state index is 6.02. The predicted molar refractivity (Wildman–Crippen MR) is 77.6 cm³/mol. The van der Waals surface area contributed by atoms with E-state index >= 15 is 0 Å². The first-order valence-corrected chi connectivity index (χ1v) is 7.52. The lowest BCUT2D eigenvalue weighted by Gasteiger charge is -2.38. The Morgan fingerprint density at radius 1 is 1.47 bits per heavy atom. The number of halogens is 2. The third-order valence-corrected chi connectivity index (χ3v) is 4.67. The van der Waals surface area contributed by atoms with E-state index in [4.69, 9.17) is 23.2 Å². The molecule has 0 aliphatic carbocycles. The van der Waals surface area contributed by atoms with Gasteiger partial charge in [0.05, 0.1) is 16.6 Å². The highest BCUT2D eigenvalue weighted by molar-refractivity contribution is 8.00. The number of hydrogen-bond donors (Lipinski definition) is 0. The fourth-order valence-corrected chi connectivity index (χ4v) is 3.51. The summed E-state index contributed by atoms with van der Waals surface area (Å²) in [4.78, 5) is 6.84. The second-order valence-corrected chi connectivity index (χ2v) is 7.24. The first kappa shape index (κ1) is 13.3. The van der Waals surface area contributed by atoms with Gasteiger partial charge < -0.3 is 4.90 Å². The molecule has 0 bridgehead atoms. The molecule has 17 heavy (non-hydrogen) atoms. The van der Waals surface area contributed by atoms with Gasteiger partial charge in [-0.2, -0.15) is 11.8 Å². The van der Waals surface area contributed by atoms with Crippen molar-refractivity contribution in [2.45, 2.75) is 24.5 Å². The molecular weight excluding hydrogens is 275 g/mol. The zero-order valence-electron chi connectivity index (χ0n) is 10.0. The monoisotopic (exact) mass is 290 g/mol. The highest BCUT2D eigenvalue weighted by Gasteiger charge is 2.27. The minimum Gasteiger partial charge on any atom is -0.354 e. The highest BCUT2D eigenvalue weighted by Crippen LogP contribution is 2.32. The Morgan fingerprint density at radius 2 is 2.24 bits per heavy atom. The van der Waals surface area contributed by atoms with E-state index in [0.29, 0.717) is 10.9 Å². The van der Waals surface area contributed by atoms with Crippen LogP contribution in [0.3, 0.4) is 0 Å². The van der Waals surface area contributed by atoms with E-state index in [-0.39, 0.29) is 4.75 Å². The molecule has 5 heteroatoms. The van der Waals surface area contributed by atoms with Crippen LogP contribution in [0.15, 0.2) is 12.1 Å². The summed E-state index contributed by atoms with van der Waals surface area (Å²) in [6.45, 7) is 6.57. The molecule has 1 aliphatic rings. The van der Waals surface area contributed by atoms with Crippen molar-refractivity contribution in [1.29, 1.82) is 0 Å². The van der Waals surface area contributed by atoms with Crippen LogP contribution in [0.25, 0.3) is 0 Å².